The van der Waals surface area contributed by atoms with Crippen molar-refractivity contribution in [3.8, 4) is 0 Å². The number of rotatable bonds is 8. The van der Waals surface area contributed by atoms with E-state index in [2.05, 4.69) is 5.32 Å². The van der Waals surface area contributed by atoms with Crippen molar-refractivity contribution in [1.82, 2.24) is 5.32 Å². The number of nitrogens with one attached hydrogen (secondary N) is 1. The van der Waals surface area contributed by atoms with E-state index in [4.69, 9.17) is 9.84 Å². The average molecular weight is 287 g/mol. The summed E-state index contributed by atoms with van der Waals surface area (Å²) in [4.78, 5) is 24.7. The maximum atomic E-state index is 12.4. The van der Waals surface area contributed by atoms with Gasteiger partial charge in [0.2, 0.25) is 5.91 Å². The van der Waals surface area contributed by atoms with Crippen LogP contribution < -0.4 is 5.32 Å². The van der Waals surface area contributed by atoms with E-state index in [1.807, 2.05) is 13.8 Å². The first kappa shape index (κ1) is 18.9. The smallest absolute Gasteiger partial charge is 0.322 e. The zero-order valence-corrected chi connectivity index (χ0v) is 13.4. The van der Waals surface area contributed by atoms with E-state index in [0.717, 1.165) is 0 Å². The molecule has 5 heteroatoms. The molecule has 0 aliphatic heterocycles. The van der Waals surface area contributed by atoms with Crippen LogP contribution in [0.15, 0.2) is 0 Å². The molecule has 0 saturated carbocycles. The maximum Gasteiger partial charge on any atom is 0.322 e. The first-order chi connectivity index (χ1) is 9.23. The van der Waals surface area contributed by atoms with Gasteiger partial charge in [-0.2, -0.15) is 0 Å². The van der Waals surface area contributed by atoms with Crippen LogP contribution in [0, 0.1) is 5.41 Å². The van der Waals surface area contributed by atoms with Crippen LogP contribution in [0.4, 0.5) is 0 Å². The number of aliphatic hydroxyl groups is 1. The second-order valence-electron chi connectivity index (χ2n) is 5.98. The van der Waals surface area contributed by atoms with Crippen LogP contribution in [0.25, 0.3) is 0 Å². The molecule has 0 bridgehead atoms. The molecule has 0 aliphatic rings. The highest BCUT2D eigenvalue weighted by molar-refractivity contribution is 6.02. The molecule has 0 aliphatic carbocycles. The van der Waals surface area contributed by atoms with Crippen molar-refractivity contribution in [3.05, 3.63) is 0 Å². The van der Waals surface area contributed by atoms with Crippen molar-refractivity contribution >= 4 is 11.9 Å². The molecule has 0 aromatic carbocycles. The predicted molar refractivity (Wildman–Crippen MR) is 78.2 cm³/mol. The van der Waals surface area contributed by atoms with Gasteiger partial charge < -0.3 is 15.2 Å². The quantitative estimate of drug-likeness (QED) is 0.407. The summed E-state index contributed by atoms with van der Waals surface area (Å²) in [6, 6.07) is 0. The van der Waals surface area contributed by atoms with Crippen molar-refractivity contribution in [3.63, 3.8) is 0 Å². The van der Waals surface area contributed by atoms with Gasteiger partial charge in [0.25, 0.3) is 0 Å². The van der Waals surface area contributed by atoms with Crippen LogP contribution in [0.1, 0.15) is 60.3 Å². The molecule has 0 spiro atoms. The summed E-state index contributed by atoms with van der Waals surface area (Å²) in [5, 5.41) is 11.5. The van der Waals surface area contributed by atoms with E-state index < -0.39 is 17.0 Å². The Morgan fingerprint density at radius 2 is 1.65 bits per heavy atom. The molecule has 0 rings (SSSR count). The van der Waals surface area contributed by atoms with E-state index in [9.17, 15) is 9.59 Å². The number of hydrogen-bond donors (Lipinski definition) is 2. The number of ether oxygens (including phenoxy) is 1. The Labute approximate surface area is 122 Å². The summed E-state index contributed by atoms with van der Waals surface area (Å²) in [5.41, 5.74) is -1.73. The Balaban J connectivity index is 4.81. The molecule has 0 fully saturated rings. The largest absolute Gasteiger partial charge is 0.459 e. The number of esters is 1. The lowest BCUT2D eigenvalue weighted by atomic mass is 9.81. The van der Waals surface area contributed by atoms with Crippen molar-refractivity contribution < 1.29 is 19.4 Å². The summed E-state index contributed by atoms with van der Waals surface area (Å²) in [6.45, 7) is 9.58. The van der Waals surface area contributed by atoms with Gasteiger partial charge in [0, 0.05) is 13.2 Å². The fraction of sp³-hybridized carbons (Fsp3) is 0.867. The van der Waals surface area contributed by atoms with Gasteiger partial charge in [0.05, 0.1) is 0 Å². The van der Waals surface area contributed by atoms with Gasteiger partial charge in [-0.25, -0.2) is 0 Å². The number of hydrogen-bond acceptors (Lipinski definition) is 4. The third-order valence-electron chi connectivity index (χ3n) is 3.30. The van der Waals surface area contributed by atoms with Gasteiger partial charge in [-0.05, 0) is 46.5 Å². The van der Waals surface area contributed by atoms with E-state index in [-0.39, 0.29) is 12.5 Å². The molecule has 0 aromatic rings. The standard InChI is InChI=1S/C15H29NO4/c1-6-15(7-2,13(19)20-14(3,4)5)12(18)16-10-8-9-11-17/h17H,6-11H2,1-5H3,(H,16,18). The molecular formula is C15H29NO4. The predicted octanol–water partition coefficient (Wildman–Crippen LogP) is 2.02. The fourth-order valence-electron chi connectivity index (χ4n) is 1.94. The molecule has 0 unspecified atom stereocenters. The molecule has 0 heterocycles. The second-order valence-corrected chi connectivity index (χ2v) is 5.98. The highest BCUT2D eigenvalue weighted by Gasteiger charge is 2.45. The van der Waals surface area contributed by atoms with E-state index in [1.165, 1.54) is 0 Å². The zero-order chi connectivity index (χ0) is 15.8. The minimum absolute atomic E-state index is 0.106. The second kappa shape index (κ2) is 8.25. The minimum atomic E-state index is -1.12. The number of amides is 1. The van der Waals surface area contributed by atoms with Crippen molar-refractivity contribution in [2.24, 2.45) is 5.41 Å². The molecule has 5 nitrogen and oxygen atoms in total. The van der Waals surface area contributed by atoms with Crippen LogP contribution in [0.5, 0.6) is 0 Å². The lowest BCUT2D eigenvalue weighted by molar-refractivity contribution is -0.171. The monoisotopic (exact) mass is 287 g/mol. The summed E-state index contributed by atoms with van der Waals surface area (Å²) in [6.07, 6.45) is 2.15. The number of aliphatic hydroxyl groups excluding tert-OH is 1. The third-order valence-corrected chi connectivity index (χ3v) is 3.30. The average Bonchev–Trinajstić information content (AvgIpc) is 2.34. The normalized spacial score (nSPS) is 12.1. The van der Waals surface area contributed by atoms with Crippen molar-refractivity contribution in [1.29, 1.82) is 0 Å². The molecule has 118 valence electrons. The molecule has 0 atom stereocenters. The fourth-order valence-corrected chi connectivity index (χ4v) is 1.94. The van der Waals surface area contributed by atoms with Crippen LogP contribution in [-0.2, 0) is 14.3 Å². The molecule has 1 amide bonds. The van der Waals surface area contributed by atoms with Gasteiger partial charge in [0.1, 0.15) is 11.0 Å². The van der Waals surface area contributed by atoms with Gasteiger partial charge in [0.15, 0.2) is 0 Å². The summed E-state index contributed by atoms with van der Waals surface area (Å²) in [7, 11) is 0. The maximum absolute atomic E-state index is 12.4. The highest BCUT2D eigenvalue weighted by Crippen LogP contribution is 2.30. The highest BCUT2D eigenvalue weighted by atomic mass is 16.6. The molecule has 20 heavy (non-hydrogen) atoms. The lowest BCUT2D eigenvalue weighted by Gasteiger charge is -2.31. The Bertz CT molecular complexity index is 316. The Hall–Kier alpha value is -1.10. The summed E-state index contributed by atoms with van der Waals surface area (Å²) in [5.74, 6) is -0.746. The van der Waals surface area contributed by atoms with E-state index in [0.29, 0.717) is 32.2 Å². The number of unbranched alkanes of at least 4 members (excludes halogenated alkanes) is 1. The van der Waals surface area contributed by atoms with Crippen LogP contribution in [0.3, 0.4) is 0 Å². The number of carbonyl (C=O) groups is 2. The van der Waals surface area contributed by atoms with Gasteiger partial charge in [-0.1, -0.05) is 13.8 Å². The van der Waals surface area contributed by atoms with Crippen LogP contribution >= 0.6 is 0 Å². The Morgan fingerprint density at radius 1 is 1.10 bits per heavy atom. The Kier molecular flexibility index (Phi) is 7.79. The van der Waals surface area contributed by atoms with E-state index >= 15 is 0 Å². The third kappa shape index (κ3) is 5.49. The van der Waals surface area contributed by atoms with Crippen molar-refractivity contribution in [2.45, 2.75) is 65.9 Å². The summed E-state index contributed by atoms with van der Waals surface area (Å²) < 4.78 is 5.39. The van der Waals surface area contributed by atoms with Gasteiger partial charge >= 0.3 is 5.97 Å². The number of carbonyl (C=O) groups excluding carboxylic acids is 2. The molecule has 0 aromatic heterocycles. The van der Waals surface area contributed by atoms with Gasteiger partial charge in [-0.15, -0.1) is 0 Å². The SMILES string of the molecule is CCC(CC)(C(=O)NCCCCO)C(=O)OC(C)(C)C. The molecular weight excluding hydrogens is 258 g/mol. The Morgan fingerprint density at radius 3 is 2.05 bits per heavy atom. The molecule has 0 radical (unpaired) electrons. The molecule has 2 N–H and O–H groups in total. The van der Waals surface area contributed by atoms with E-state index in [1.54, 1.807) is 20.8 Å². The summed E-state index contributed by atoms with van der Waals surface area (Å²) >= 11 is 0. The lowest BCUT2D eigenvalue weighted by Crippen LogP contribution is -2.48. The van der Waals surface area contributed by atoms with Crippen molar-refractivity contribution in [2.75, 3.05) is 13.2 Å². The van der Waals surface area contributed by atoms with Crippen LogP contribution in [0.2, 0.25) is 0 Å². The van der Waals surface area contributed by atoms with Gasteiger partial charge in [-0.3, -0.25) is 9.59 Å². The first-order valence-electron chi connectivity index (χ1n) is 7.36. The first-order valence-corrected chi connectivity index (χ1v) is 7.36. The zero-order valence-electron chi connectivity index (χ0n) is 13.4. The molecule has 0 saturated heterocycles. The minimum Gasteiger partial charge on any atom is -0.459 e. The topological polar surface area (TPSA) is 75.6 Å². The van der Waals surface area contributed by atoms with Crippen LogP contribution in [-0.4, -0.2) is 35.7 Å².